The van der Waals surface area contributed by atoms with Gasteiger partial charge in [-0.15, -0.1) is 10.2 Å². The largest absolute Gasteiger partial charge is 0.486 e. The summed E-state index contributed by atoms with van der Waals surface area (Å²) in [5.74, 6) is 0.594. The van der Waals surface area contributed by atoms with Crippen LogP contribution in [0.15, 0.2) is 12.1 Å². The zero-order valence-corrected chi connectivity index (χ0v) is 11.2. The van der Waals surface area contributed by atoms with Crippen molar-refractivity contribution in [2.75, 3.05) is 5.73 Å². The molecule has 7 nitrogen and oxygen atoms in total. The average molecular weight is 280 g/mol. The SMILES string of the molecule is Cc1cc([N+](=O)[O-])c(C)cc1OCc1nnc(N)s1. The highest BCUT2D eigenvalue weighted by Crippen LogP contribution is 2.28. The number of hydrogen-bond donors (Lipinski definition) is 1. The van der Waals surface area contributed by atoms with Gasteiger partial charge in [-0.1, -0.05) is 11.3 Å². The Morgan fingerprint density at radius 1 is 1.37 bits per heavy atom. The highest BCUT2D eigenvalue weighted by molar-refractivity contribution is 7.15. The summed E-state index contributed by atoms with van der Waals surface area (Å²) in [6, 6.07) is 3.15. The Morgan fingerprint density at radius 2 is 2.11 bits per heavy atom. The summed E-state index contributed by atoms with van der Waals surface area (Å²) < 4.78 is 5.58. The van der Waals surface area contributed by atoms with Crippen molar-refractivity contribution in [1.29, 1.82) is 0 Å². The molecule has 1 aromatic heterocycles. The van der Waals surface area contributed by atoms with Crippen molar-refractivity contribution in [3.8, 4) is 5.75 Å². The number of nitrogens with zero attached hydrogens (tertiary/aromatic N) is 3. The molecule has 0 aliphatic heterocycles. The van der Waals surface area contributed by atoms with Crippen molar-refractivity contribution < 1.29 is 9.66 Å². The van der Waals surface area contributed by atoms with Gasteiger partial charge in [0.05, 0.1) is 4.92 Å². The van der Waals surface area contributed by atoms with Gasteiger partial charge >= 0.3 is 0 Å². The van der Waals surface area contributed by atoms with Crippen LogP contribution in [0, 0.1) is 24.0 Å². The predicted molar refractivity (Wildman–Crippen MR) is 71.2 cm³/mol. The van der Waals surface area contributed by atoms with Gasteiger partial charge in [0.2, 0.25) is 5.13 Å². The number of nitro groups is 1. The number of anilines is 1. The van der Waals surface area contributed by atoms with Gasteiger partial charge in [0, 0.05) is 11.6 Å². The normalized spacial score (nSPS) is 10.4. The summed E-state index contributed by atoms with van der Waals surface area (Å²) in [5.41, 5.74) is 6.82. The van der Waals surface area contributed by atoms with E-state index in [1.54, 1.807) is 19.9 Å². The molecule has 1 heterocycles. The molecule has 0 spiro atoms. The van der Waals surface area contributed by atoms with E-state index in [9.17, 15) is 10.1 Å². The van der Waals surface area contributed by atoms with E-state index in [0.717, 1.165) is 0 Å². The van der Waals surface area contributed by atoms with E-state index in [-0.39, 0.29) is 12.3 Å². The lowest BCUT2D eigenvalue weighted by Gasteiger charge is -2.08. The van der Waals surface area contributed by atoms with Crippen LogP contribution in [0.4, 0.5) is 10.8 Å². The van der Waals surface area contributed by atoms with Crippen molar-refractivity contribution in [2.45, 2.75) is 20.5 Å². The summed E-state index contributed by atoms with van der Waals surface area (Å²) in [4.78, 5) is 10.4. The summed E-state index contributed by atoms with van der Waals surface area (Å²) in [5, 5.41) is 19.4. The van der Waals surface area contributed by atoms with Crippen LogP contribution in [0.25, 0.3) is 0 Å². The molecule has 0 fully saturated rings. The summed E-state index contributed by atoms with van der Waals surface area (Å²) in [7, 11) is 0. The van der Waals surface area contributed by atoms with Gasteiger partial charge < -0.3 is 10.5 Å². The Bertz CT molecular complexity index is 626. The molecule has 0 bridgehead atoms. The smallest absolute Gasteiger partial charge is 0.272 e. The van der Waals surface area contributed by atoms with Gasteiger partial charge in [-0.25, -0.2) is 0 Å². The number of nitrogen functional groups attached to an aromatic ring is 1. The Kier molecular flexibility index (Phi) is 3.61. The fourth-order valence-corrected chi connectivity index (χ4v) is 2.11. The molecule has 1 aromatic carbocycles. The quantitative estimate of drug-likeness (QED) is 0.680. The van der Waals surface area contributed by atoms with Crippen LogP contribution in [-0.4, -0.2) is 15.1 Å². The Hall–Kier alpha value is -2.22. The van der Waals surface area contributed by atoms with Gasteiger partial charge in [0.25, 0.3) is 5.69 Å². The molecule has 2 aromatic rings. The highest BCUT2D eigenvalue weighted by Gasteiger charge is 2.14. The summed E-state index contributed by atoms with van der Waals surface area (Å²) >= 11 is 1.25. The van der Waals surface area contributed by atoms with E-state index in [2.05, 4.69) is 10.2 Å². The van der Waals surface area contributed by atoms with Crippen molar-refractivity contribution in [3.63, 3.8) is 0 Å². The third-order valence-electron chi connectivity index (χ3n) is 2.52. The summed E-state index contributed by atoms with van der Waals surface area (Å²) in [6.07, 6.45) is 0. The molecular weight excluding hydrogens is 268 g/mol. The molecule has 2 rings (SSSR count). The van der Waals surface area contributed by atoms with Crippen molar-refractivity contribution in [3.05, 3.63) is 38.4 Å². The number of ether oxygens (including phenoxy) is 1. The first kappa shape index (κ1) is 13.2. The molecule has 0 amide bonds. The number of hydrogen-bond acceptors (Lipinski definition) is 7. The second-order valence-electron chi connectivity index (χ2n) is 3.98. The average Bonchev–Trinajstić information content (AvgIpc) is 2.75. The maximum Gasteiger partial charge on any atom is 0.272 e. The molecular formula is C11H12N4O3S. The minimum absolute atomic E-state index is 0.0880. The fourth-order valence-electron chi connectivity index (χ4n) is 1.59. The van der Waals surface area contributed by atoms with Crippen LogP contribution in [0.2, 0.25) is 0 Å². The van der Waals surface area contributed by atoms with E-state index in [4.69, 9.17) is 10.5 Å². The lowest BCUT2D eigenvalue weighted by molar-refractivity contribution is -0.385. The first-order chi connectivity index (χ1) is 8.97. The second kappa shape index (κ2) is 5.19. The lowest BCUT2D eigenvalue weighted by atomic mass is 10.1. The molecule has 0 aliphatic carbocycles. The molecule has 0 radical (unpaired) electrons. The summed E-state index contributed by atoms with van der Waals surface area (Å²) in [6.45, 7) is 3.68. The fraction of sp³-hybridized carbons (Fsp3) is 0.273. The van der Waals surface area contributed by atoms with Crippen molar-refractivity contribution in [1.82, 2.24) is 10.2 Å². The highest BCUT2D eigenvalue weighted by atomic mass is 32.1. The van der Waals surface area contributed by atoms with Crippen molar-refractivity contribution >= 4 is 22.2 Å². The zero-order chi connectivity index (χ0) is 14.0. The van der Waals surface area contributed by atoms with Gasteiger partial charge in [-0.3, -0.25) is 10.1 Å². The van der Waals surface area contributed by atoms with Gasteiger partial charge in [-0.2, -0.15) is 0 Å². The number of nitro benzene ring substituents is 1. The van der Waals surface area contributed by atoms with E-state index >= 15 is 0 Å². The lowest BCUT2D eigenvalue weighted by Crippen LogP contribution is -1.99. The second-order valence-corrected chi connectivity index (χ2v) is 5.08. The topological polar surface area (TPSA) is 104 Å². The monoisotopic (exact) mass is 280 g/mol. The third-order valence-corrected chi connectivity index (χ3v) is 3.25. The maximum absolute atomic E-state index is 10.8. The molecule has 100 valence electrons. The Balaban J connectivity index is 2.17. The Labute approximate surface area is 113 Å². The molecule has 19 heavy (non-hydrogen) atoms. The molecule has 8 heteroatoms. The van der Waals surface area contributed by atoms with Crippen LogP contribution < -0.4 is 10.5 Å². The third kappa shape index (κ3) is 2.97. The van der Waals surface area contributed by atoms with Crippen LogP contribution in [0.3, 0.4) is 0 Å². The van der Waals surface area contributed by atoms with Crippen molar-refractivity contribution in [2.24, 2.45) is 0 Å². The minimum Gasteiger partial charge on any atom is -0.486 e. The molecule has 0 unspecified atom stereocenters. The predicted octanol–water partition coefficient (Wildman–Crippen LogP) is 2.22. The first-order valence-electron chi connectivity index (χ1n) is 5.43. The van der Waals surface area contributed by atoms with Gasteiger partial charge in [0.1, 0.15) is 12.4 Å². The zero-order valence-electron chi connectivity index (χ0n) is 10.4. The first-order valence-corrected chi connectivity index (χ1v) is 6.25. The minimum atomic E-state index is -0.405. The molecule has 0 saturated carbocycles. The van der Waals surface area contributed by atoms with Crippen LogP contribution >= 0.6 is 11.3 Å². The van der Waals surface area contributed by atoms with E-state index in [1.807, 2.05) is 0 Å². The molecule has 0 aliphatic rings. The number of rotatable bonds is 4. The van der Waals surface area contributed by atoms with Gasteiger partial charge in [0.15, 0.2) is 5.01 Å². The van der Waals surface area contributed by atoms with Crippen LogP contribution in [0.1, 0.15) is 16.1 Å². The van der Waals surface area contributed by atoms with E-state index in [1.165, 1.54) is 17.4 Å². The van der Waals surface area contributed by atoms with E-state index < -0.39 is 4.92 Å². The maximum atomic E-state index is 10.8. The number of benzene rings is 1. The number of aromatic nitrogens is 2. The Morgan fingerprint density at radius 3 is 2.68 bits per heavy atom. The van der Waals surface area contributed by atoms with Crippen LogP contribution in [-0.2, 0) is 6.61 Å². The van der Waals surface area contributed by atoms with E-state index in [0.29, 0.717) is 27.0 Å². The molecule has 0 saturated heterocycles. The number of aryl methyl sites for hydroxylation is 2. The number of nitrogens with two attached hydrogens (primary N) is 1. The van der Waals surface area contributed by atoms with Gasteiger partial charge in [-0.05, 0) is 25.5 Å². The standard InChI is InChI=1S/C11H12N4O3S/c1-6-4-9(7(2)3-8(6)15(16)17)18-5-10-13-14-11(12)19-10/h3-4H,5H2,1-2H3,(H2,12,14). The molecule has 2 N–H and O–H groups in total. The molecule has 0 atom stereocenters. The van der Waals surface area contributed by atoms with Crippen LogP contribution in [0.5, 0.6) is 5.75 Å².